The molecule has 5 heteroatoms. The van der Waals surface area contributed by atoms with Crippen LogP contribution in [0.25, 0.3) is 0 Å². The number of ether oxygens (including phenoxy) is 1. The predicted octanol–water partition coefficient (Wildman–Crippen LogP) is 0.621. The van der Waals surface area contributed by atoms with Crippen LogP contribution in [0.3, 0.4) is 0 Å². The number of aliphatic hydroxyl groups excluding tert-OH is 1. The number of nitrogens with one attached hydrogen (secondary N) is 1. The molecule has 1 aromatic rings. The van der Waals surface area contributed by atoms with E-state index in [1.165, 1.54) is 0 Å². The molecule has 0 amide bonds. The van der Waals surface area contributed by atoms with Gasteiger partial charge in [0.25, 0.3) is 0 Å². The van der Waals surface area contributed by atoms with Gasteiger partial charge in [0.15, 0.2) is 0 Å². The van der Waals surface area contributed by atoms with Crippen molar-refractivity contribution in [2.45, 2.75) is 0 Å². The highest BCUT2D eigenvalue weighted by Crippen LogP contribution is 2.09. The molecule has 0 atom stereocenters. The zero-order chi connectivity index (χ0) is 10.9. The van der Waals surface area contributed by atoms with E-state index in [0.29, 0.717) is 25.5 Å². The minimum atomic E-state index is 0.0331. The summed E-state index contributed by atoms with van der Waals surface area (Å²) in [4.78, 5) is 5.11. The standard InChI is InChI=1S/C10H16N2O3/c11-9-1-3-10(4-2-9)12-15-8-7-14-6-5-13/h1-4,12-13H,5-8,11H2. The molecular weight excluding hydrogens is 196 g/mol. The fourth-order valence-electron chi connectivity index (χ4n) is 0.953. The Balaban J connectivity index is 2.07. The average molecular weight is 212 g/mol. The lowest BCUT2D eigenvalue weighted by Gasteiger charge is -2.07. The maximum Gasteiger partial charge on any atom is 0.0979 e. The first-order chi connectivity index (χ1) is 7.33. The molecular formula is C10H16N2O3. The fraction of sp³-hybridized carbons (Fsp3) is 0.400. The highest BCUT2D eigenvalue weighted by atomic mass is 16.7. The maximum absolute atomic E-state index is 8.43. The molecule has 0 bridgehead atoms. The number of benzene rings is 1. The summed E-state index contributed by atoms with van der Waals surface area (Å²) < 4.78 is 5.00. The third-order valence-electron chi connectivity index (χ3n) is 1.67. The van der Waals surface area contributed by atoms with Gasteiger partial charge in [-0.05, 0) is 24.3 Å². The molecule has 0 radical (unpaired) electrons. The Morgan fingerprint density at radius 2 is 1.87 bits per heavy atom. The molecule has 0 heterocycles. The number of hydrogen-bond acceptors (Lipinski definition) is 5. The Morgan fingerprint density at radius 1 is 1.13 bits per heavy atom. The molecule has 0 fully saturated rings. The van der Waals surface area contributed by atoms with Crippen molar-refractivity contribution in [3.8, 4) is 0 Å². The Hall–Kier alpha value is -1.30. The smallest absolute Gasteiger partial charge is 0.0979 e. The molecule has 0 saturated heterocycles. The van der Waals surface area contributed by atoms with Gasteiger partial charge in [0.2, 0.25) is 0 Å². The molecule has 15 heavy (non-hydrogen) atoms. The predicted molar refractivity (Wildman–Crippen MR) is 58.3 cm³/mol. The molecule has 0 saturated carbocycles. The lowest BCUT2D eigenvalue weighted by molar-refractivity contribution is 0.0493. The molecule has 1 aromatic carbocycles. The first-order valence-corrected chi connectivity index (χ1v) is 4.75. The van der Waals surface area contributed by atoms with E-state index in [0.717, 1.165) is 5.69 Å². The van der Waals surface area contributed by atoms with Crippen molar-refractivity contribution in [1.82, 2.24) is 0 Å². The first kappa shape index (κ1) is 11.8. The second-order valence-corrected chi connectivity index (χ2v) is 2.91. The molecule has 1 rings (SSSR count). The van der Waals surface area contributed by atoms with Crippen molar-refractivity contribution in [2.75, 3.05) is 37.6 Å². The minimum absolute atomic E-state index is 0.0331. The molecule has 84 valence electrons. The summed E-state index contributed by atoms with van der Waals surface area (Å²) in [6.45, 7) is 1.24. The highest BCUT2D eigenvalue weighted by molar-refractivity contribution is 5.49. The molecule has 0 aliphatic heterocycles. The van der Waals surface area contributed by atoms with Crippen LogP contribution < -0.4 is 11.2 Å². The summed E-state index contributed by atoms with van der Waals surface area (Å²) in [5, 5.41) is 8.43. The van der Waals surface area contributed by atoms with E-state index in [1.807, 2.05) is 12.1 Å². The molecule has 0 aromatic heterocycles. The van der Waals surface area contributed by atoms with Crippen LogP contribution in [0.4, 0.5) is 11.4 Å². The summed E-state index contributed by atoms with van der Waals surface area (Å²) in [5.74, 6) is 0. The van der Waals surface area contributed by atoms with E-state index in [-0.39, 0.29) is 6.61 Å². The number of nitrogen functional groups attached to an aromatic ring is 1. The quantitative estimate of drug-likeness (QED) is 0.351. The third kappa shape index (κ3) is 5.21. The van der Waals surface area contributed by atoms with Gasteiger partial charge in [0.05, 0.1) is 32.1 Å². The van der Waals surface area contributed by atoms with Crippen molar-refractivity contribution >= 4 is 11.4 Å². The van der Waals surface area contributed by atoms with Crippen LogP contribution in [-0.2, 0) is 9.57 Å². The van der Waals surface area contributed by atoms with Gasteiger partial charge in [-0.2, -0.15) is 0 Å². The van der Waals surface area contributed by atoms with Crippen LogP contribution in [0.15, 0.2) is 24.3 Å². The third-order valence-corrected chi connectivity index (χ3v) is 1.67. The van der Waals surface area contributed by atoms with E-state index >= 15 is 0 Å². The maximum atomic E-state index is 8.43. The number of aliphatic hydroxyl groups is 1. The monoisotopic (exact) mass is 212 g/mol. The van der Waals surface area contributed by atoms with Crippen molar-refractivity contribution in [3.05, 3.63) is 24.3 Å². The molecule has 4 N–H and O–H groups in total. The Labute approximate surface area is 88.8 Å². The molecule has 5 nitrogen and oxygen atoms in total. The van der Waals surface area contributed by atoms with Crippen molar-refractivity contribution < 1.29 is 14.7 Å². The Morgan fingerprint density at radius 3 is 2.53 bits per heavy atom. The molecule has 0 spiro atoms. The number of nitrogens with two attached hydrogens (primary N) is 1. The van der Waals surface area contributed by atoms with Crippen LogP contribution >= 0.6 is 0 Å². The van der Waals surface area contributed by atoms with Gasteiger partial charge in [0, 0.05) is 5.69 Å². The summed E-state index contributed by atoms with van der Waals surface area (Å²) in [6.07, 6.45) is 0. The topological polar surface area (TPSA) is 76.7 Å². The van der Waals surface area contributed by atoms with E-state index in [2.05, 4.69) is 5.48 Å². The lowest BCUT2D eigenvalue weighted by atomic mass is 10.3. The molecule has 0 aliphatic rings. The van der Waals surface area contributed by atoms with Crippen LogP contribution in [0.5, 0.6) is 0 Å². The SMILES string of the molecule is Nc1ccc(NOCCOCCO)cc1. The zero-order valence-corrected chi connectivity index (χ0v) is 8.48. The molecule has 0 aliphatic carbocycles. The van der Waals surface area contributed by atoms with Gasteiger partial charge < -0.3 is 15.6 Å². The number of rotatable bonds is 7. The van der Waals surface area contributed by atoms with E-state index < -0.39 is 0 Å². The fourth-order valence-corrected chi connectivity index (χ4v) is 0.953. The normalized spacial score (nSPS) is 10.2. The second kappa shape index (κ2) is 7.05. The van der Waals surface area contributed by atoms with E-state index in [4.69, 9.17) is 20.4 Å². The zero-order valence-electron chi connectivity index (χ0n) is 8.48. The Bertz CT molecular complexity index is 264. The summed E-state index contributed by atoms with van der Waals surface area (Å²) in [7, 11) is 0. The largest absolute Gasteiger partial charge is 0.399 e. The van der Waals surface area contributed by atoms with Crippen LogP contribution in [0, 0.1) is 0 Å². The lowest BCUT2D eigenvalue weighted by Crippen LogP contribution is -2.10. The average Bonchev–Trinajstić information content (AvgIpc) is 2.26. The van der Waals surface area contributed by atoms with E-state index in [9.17, 15) is 0 Å². The van der Waals surface area contributed by atoms with Crippen molar-refractivity contribution in [3.63, 3.8) is 0 Å². The summed E-state index contributed by atoms with van der Waals surface area (Å²) in [5.41, 5.74) is 9.83. The van der Waals surface area contributed by atoms with Gasteiger partial charge in [-0.15, -0.1) is 0 Å². The molecule has 0 unspecified atom stereocenters. The van der Waals surface area contributed by atoms with Gasteiger partial charge in [-0.1, -0.05) is 0 Å². The number of hydrogen-bond donors (Lipinski definition) is 3. The van der Waals surface area contributed by atoms with Gasteiger partial charge in [-0.3, -0.25) is 10.3 Å². The van der Waals surface area contributed by atoms with Gasteiger partial charge >= 0.3 is 0 Å². The van der Waals surface area contributed by atoms with Crippen LogP contribution in [0.2, 0.25) is 0 Å². The van der Waals surface area contributed by atoms with Crippen molar-refractivity contribution in [1.29, 1.82) is 0 Å². The van der Waals surface area contributed by atoms with E-state index in [1.54, 1.807) is 12.1 Å². The minimum Gasteiger partial charge on any atom is -0.399 e. The van der Waals surface area contributed by atoms with Crippen molar-refractivity contribution in [2.24, 2.45) is 0 Å². The Kier molecular flexibility index (Phi) is 5.54. The summed E-state index contributed by atoms with van der Waals surface area (Å²) >= 11 is 0. The number of anilines is 2. The van der Waals surface area contributed by atoms with Gasteiger partial charge in [-0.25, -0.2) is 0 Å². The second-order valence-electron chi connectivity index (χ2n) is 2.91. The van der Waals surface area contributed by atoms with Crippen LogP contribution in [-0.4, -0.2) is 31.5 Å². The van der Waals surface area contributed by atoms with Crippen LogP contribution in [0.1, 0.15) is 0 Å². The summed E-state index contributed by atoms with van der Waals surface area (Å²) in [6, 6.07) is 7.22. The highest BCUT2D eigenvalue weighted by Gasteiger charge is 1.91. The van der Waals surface area contributed by atoms with Gasteiger partial charge in [0.1, 0.15) is 0 Å². The first-order valence-electron chi connectivity index (χ1n) is 4.75.